The topological polar surface area (TPSA) is 58.9 Å². The molecule has 0 aliphatic rings. The first-order chi connectivity index (χ1) is 9.31. The van der Waals surface area contributed by atoms with Gasteiger partial charge in [-0.1, -0.05) is 13.8 Å². The molecule has 1 aromatic heterocycles. The zero-order valence-electron chi connectivity index (χ0n) is 13.6. The molecule has 114 valence electrons. The number of hydrogen-bond acceptors (Lipinski definition) is 3. The van der Waals surface area contributed by atoms with Crippen molar-refractivity contribution in [1.29, 1.82) is 0 Å². The molecule has 0 bridgehead atoms. The number of carbonyl (C=O) groups is 1. The number of nitrogens with one attached hydrogen (secondary N) is 2. The van der Waals surface area contributed by atoms with E-state index in [1.165, 1.54) is 0 Å². The van der Waals surface area contributed by atoms with E-state index in [1.807, 2.05) is 4.68 Å². The quantitative estimate of drug-likeness (QED) is 0.837. The van der Waals surface area contributed by atoms with Crippen LogP contribution in [-0.4, -0.2) is 34.8 Å². The van der Waals surface area contributed by atoms with Crippen LogP contribution in [0.1, 0.15) is 57.6 Å². The molecule has 20 heavy (non-hydrogen) atoms. The largest absolute Gasteiger partial charge is 0.350 e. The van der Waals surface area contributed by atoms with E-state index in [9.17, 15) is 4.79 Å². The van der Waals surface area contributed by atoms with Gasteiger partial charge in [-0.05, 0) is 40.7 Å². The Morgan fingerprint density at radius 2 is 2.05 bits per heavy atom. The second-order valence-electron chi connectivity index (χ2n) is 6.11. The van der Waals surface area contributed by atoms with Crippen LogP contribution in [0.15, 0.2) is 6.20 Å². The molecule has 0 unspecified atom stereocenters. The maximum Gasteiger partial charge on any atom is 0.254 e. The molecule has 1 rings (SSSR count). The Hall–Kier alpha value is -1.36. The van der Waals surface area contributed by atoms with E-state index in [2.05, 4.69) is 57.3 Å². The number of aromatic nitrogens is 2. The molecule has 0 radical (unpaired) electrons. The fraction of sp³-hybridized carbons (Fsp3) is 0.733. The molecule has 1 aromatic rings. The van der Waals surface area contributed by atoms with E-state index in [1.54, 1.807) is 6.20 Å². The van der Waals surface area contributed by atoms with Crippen LogP contribution in [-0.2, 0) is 12.0 Å². The van der Waals surface area contributed by atoms with Gasteiger partial charge in [0.1, 0.15) is 0 Å². The van der Waals surface area contributed by atoms with Gasteiger partial charge in [0, 0.05) is 12.6 Å². The summed E-state index contributed by atoms with van der Waals surface area (Å²) in [5.74, 6) is -0.0397. The van der Waals surface area contributed by atoms with Gasteiger partial charge in [-0.3, -0.25) is 9.48 Å². The molecule has 5 heteroatoms. The van der Waals surface area contributed by atoms with E-state index in [0.29, 0.717) is 12.1 Å². The van der Waals surface area contributed by atoms with E-state index in [-0.39, 0.29) is 17.5 Å². The molecule has 5 nitrogen and oxygen atoms in total. The van der Waals surface area contributed by atoms with Gasteiger partial charge >= 0.3 is 0 Å². The van der Waals surface area contributed by atoms with Gasteiger partial charge in [0.2, 0.25) is 0 Å². The minimum absolute atomic E-state index is 0.0397. The third kappa shape index (κ3) is 4.07. The Morgan fingerprint density at radius 3 is 2.55 bits per heavy atom. The van der Waals surface area contributed by atoms with Crippen molar-refractivity contribution in [2.45, 2.75) is 59.5 Å². The fourth-order valence-corrected chi connectivity index (χ4v) is 2.24. The van der Waals surface area contributed by atoms with Crippen molar-refractivity contribution < 1.29 is 4.79 Å². The summed E-state index contributed by atoms with van der Waals surface area (Å²) in [5.41, 5.74) is 1.57. The first-order valence-corrected chi connectivity index (χ1v) is 7.40. The van der Waals surface area contributed by atoms with Crippen LogP contribution in [0.3, 0.4) is 0 Å². The summed E-state index contributed by atoms with van der Waals surface area (Å²) in [6.07, 6.45) is 2.47. The minimum atomic E-state index is -0.110. The van der Waals surface area contributed by atoms with Crippen LogP contribution in [0.5, 0.6) is 0 Å². The average molecular weight is 280 g/mol. The second-order valence-corrected chi connectivity index (χ2v) is 6.11. The summed E-state index contributed by atoms with van der Waals surface area (Å²) in [4.78, 5) is 12.3. The normalized spacial score (nSPS) is 13.3. The molecule has 1 atom stereocenters. The number of likely N-dealkylation sites (N-methyl/N-ethyl adjacent to an activating group) is 1. The maximum atomic E-state index is 12.3. The smallest absolute Gasteiger partial charge is 0.254 e. The summed E-state index contributed by atoms with van der Waals surface area (Å²) in [6, 6.07) is 0.270. The first kappa shape index (κ1) is 16.7. The fourth-order valence-electron chi connectivity index (χ4n) is 2.24. The van der Waals surface area contributed by atoms with Crippen molar-refractivity contribution in [3.8, 4) is 0 Å². The van der Waals surface area contributed by atoms with Gasteiger partial charge in [0.15, 0.2) is 0 Å². The monoisotopic (exact) mass is 280 g/mol. The van der Waals surface area contributed by atoms with Gasteiger partial charge in [-0.15, -0.1) is 0 Å². The van der Waals surface area contributed by atoms with Crippen molar-refractivity contribution in [3.63, 3.8) is 0 Å². The molecule has 1 amide bonds. The summed E-state index contributed by atoms with van der Waals surface area (Å²) >= 11 is 0. The van der Waals surface area contributed by atoms with E-state index >= 15 is 0 Å². The number of nitrogens with zero attached hydrogens (tertiary/aromatic N) is 2. The van der Waals surface area contributed by atoms with Crippen LogP contribution >= 0.6 is 0 Å². The van der Waals surface area contributed by atoms with Crippen molar-refractivity contribution >= 4 is 5.91 Å². The Morgan fingerprint density at radius 1 is 1.40 bits per heavy atom. The number of rotatable bonds is 6. The third-order valence-electron chi connectivity index (χ3n) is 3.21. The molecule has 1 heterocycles. The molecule has 0 aliphatic carbocycles. The van der Waals surface area contributed by atoms with Gasteiger partial charge < -0.3 is 10.6 Å². The van der Waals surface area contributed by atoms with E-state index < -0.39 is 0 Å². The van der Waals surface area contributed by atoms with Crippen LogP contribution in [0.4, 0.5) is 0 Å². The minimum Gasteiger partial charge on any atom is -0.350 e. The van der Waals surface area contributed by atoms with Gasteiger partial charge in [0.05, 0.1) is 23.0 Å². The van der Waals surface area contributed by atoms with Gasteiger partial charge in [0.25, 0.3) is 5.91 Å². The lowest BCUT2D eigenvalue weighted by Gasteiger charge is -2.22. The average Bonchev–Trinajstić information content (AvgIpc) is 2.79. The lowest BCUT2D eigenvalue weighted by Crippen LogP contribution is -2.39. The van der Waals surface area contributed by atoms with Crippen LogP contribution < -0.4 is 10.6 Å². The van der Waals surface area contributed by atoms with Crippen molar-refractivity contribution in [1.82, 2.24) is 20.4 Å². The molecule has 0 fully saturated rings. The number of amides is 1. The predicted octanol–water partition coefficient (Wildman–Crippen LogP) is 1.93. The zero-order valence-corrected chi connectivity index (χ0v) is 13.6. The zero-order chi connectivity index (χ0) is 15.3. The highest BCUT2D eigenvalue weighted by Gasteiger charge is 2.22. The van der Waals surface area contributed by atoms with Gasteiger partial charge in [-0.25, -0.2) is 0 Å². The van der Waals surface area contributed by atoms with Crippen molar-refractivity contribution in [3.05, 3.63) is 17.5 Å². The van der Waals surface area contributed by atoms with Crippen LogP contribution in [0.2, 0.25) is 0 Å². The standard InChI is InChI=1S/C15H28N4O/c1-7-13-12(10-18-19(13)15(4,5)6)14(20)17-9-11(3)16-8-2/h10-11,16H,7-9H2,1-6H3,(H,17,20)/t11-/m1/s1. The Labute approximate surface area is 122 Å². The molecule has 2 N–H and O–H groups in total. The van der Waals surface area contributed by atoms with Crippen LogP contribution in [0, 0.1) is 0 Å². The maximum absolute atomic E-state index is 12.3. The van der Waals surface area contributed by atoms with Crippen molar-refractivity contribution in [2.24, 2.45) is 0 Å². The van der Waals surface area contributed by atoms with E-state index in [4.69, 9.17) is 0 Å². The first-order valence-electron chi connectivity index (χ1n) is 7.40. The lowest BCUT2D eigenvalue weighted by molar-refractivity contribution is 0.0949. The highest BCUT2D eigenvalue weighted by molar-refractivity contribution is 5.95. The SMILES string of the molecule is CCN[C@H](C)CNC(=O)c1cnn(C(C)(C)C)c1CC. The molecule has 0 saturated heterocycles. The summed E-state index contributed by atoms with van der Waals surface area (Å²) in [7, 11) is 0. The highest BCUT2D eigenvalue weighted by atomic mass is 16.1. The molecule has 0 aliphatic heterocycles. The van der Waals surface area contributed by atoms with Gasteiger partial charge in [-0.2, -0.15) is 5.10 Å². The Bertz CT molecular complexity index is 445. The highest BCUT2D eigenvalue weighted by Crippen LogP contribution is 2.19. The third-order valence-corrected chi connectivity index (χ3v) is 3.21. The molecule has 0 saturated carbocycles. The summed E-state index contributed by atoms with van der Waals surface area (Å²) in [6.45, 7) is 14.0. The summed E-state index contributed by atoms with van der Waals surface area (Å²) in [5, 5.41) is 10.6. The number of carbonyl (C=O) groups excluding carboxylic acids is 1. The Kier molecular flexibility index (Phi) is 5.74. The summed E-state index contributed by atoms with van der Waals surface area (Å²) < 4.78 is 1.94. The predicted molar refractivity (Wildman–Crippen MR) is 82.1 cm³/mol. The Balaban J connectivity index is 2.81. The molecular weight excluding hydrogens is 252 g/mol. The van der Waals surface area contributed by atoms with Crippen LogP contribution in [0.25, 0.3) is 0 Å². The van der Waals surface area contributed by atoms with Crippen molar-refractivity contribution in [2.75, 3.05) is 13.1 Å². The molecule has 0 aromatic carbocycles. The molecule has 0 spiro atoms. The lowest BCUT2D eigenvalue weighted by atomic mass is 10.1. The number of hydrogen-bond donors (Lipinski definition) is 2. The second kappa shape index (κ2) is 6.88. The van der Waals surface area contributed by atoms with E-state index in [0.717, 1.165) is 18.7 Å². The molecular formula is C15H28N4O.